The lowest BCUT2D eigenvalue weighted by Gasteiger charge is -2.32. The van der Waals surface area contributed by atoms with Crippen LogP contribution in [-0.2, 0) is 0 Å². The van der Waals surface area contributed by atoms with Crippen molar-refractivity contribution in [3.8, 4) is 17.1 Å². The molecule has 2 saturated heterocycles. The van der Waals surface area contributed by atoms with Gasteiger partial charge in [-0.25, -0.2) is 4.39 Å². The average Bonchev–Trinajstić information content (AvgIpc) is 3.28. The molecule has 2 aromatic rings. The Morgan fingerprint density at radius 1 is 1.35 bits per heavy atom. The number of aromatic nitrogens is 2. The Labute approximate surface area is 133 Å². The lowest BCUT2D eigenvalue weighted by atomic mass is 9.95. The Balaban J connectivity index is 1.65. The summed E-state index contributed by atoms with van der Waals surface area (Å²) < 4.78 is 24.2. The van der Waals surface area contributed by atoms with Crippen LogP contribution in [0.4, 0.5) is 10.4 Å². The molecule has 4 rings (SSSR count). The molecule has 1 spiro atoms. The molecule has 2 fully saturated rings. The molecule has 6 nitrogen and oxygen atoms in total. The first kappa shape index (κ1) is 14.4. The lowest BCUT2D eigenvalue weighted by Crippen LogP contribution is -2.45. The molecule has 3 heterocycles. The van der Waals surface area contributed by atoms with Gasteiger partial charge >= 0.3 is 6.01 Å². The van der Waals surface area contributed by atoms with E-state index in [4.69, 9.17) is 9.26 Å². The smallest absolute Gasteiger partial charge is 0.324 e. The summed E-state index contributed by atoms with van der Waals surface area (Å²) in [4.78, 5) is 6.70. The number of rotatable bonds is 3. The van der Waals surface area contributed by atoms with Crippen LogP contribution in [-0.4, -0.2) is 42.4 Å². The minimum atomic E-state index is -0.386. The molecule has 7 heteroatoms. The Bertz CT molecular complexity index is 706. The highest BCUT2D eigenvalue weighted by Gasteiger charge is 2.45. The zero-order chi connectivity index (χ0) is 15.9. The maximum Gasteiger partial charge on any atom is 0.324 e. The van der Waals surface area contributed by atoms with Gasteiger partial charge in [-0.05, 0) is 37.9 Å². The first-order valence-electron chi connectivity index (χ1n) is 7.87. The summed E-state index contributed by atoms with van der Waals surface area (Å²) in [5.41, 5.74) is 0.637. The van der Waals surface area contributed by atoms with Crippen LogP contribution in [0.1, 0.15) is 19.3 Å². The number of benzene rings is 1. The highest BCUT2D eigenvalue weighted by molar-refractivity contribution is 5.58. The largest absolute Gasteiger partial charge is 0.497 e. The maximum atomic E-state index is 13.7. The van der Waals surface area contributed by atoms with Gasteiger partial charge in [0.2, 0.25) is 5.82 Å². The second-order valence-electron chi connectivity index (χ2n) is 6.19. The van der Waals surface area contributed by atoms with Gasteiger partial charge in [-0.15, -0.1) is 0 Å². The van der Waals surface area contributed by atoms with Gasteiger partial charge in [0.1, 0.15) is 11.6 Å². The molecule has 0 bridgehead atoms. The summed E-state index contributed by atoms with van der Waals surface area (Å²) in [7, 11) is 1.50. The summed E-state index contributed by atoms with van der Waals surface area (Å²) in [6, 6.07) is 4.93. The summed E-state index contributed by atoms with van der Waals surface area (Å²) >= 11 is 0. The minimum Gasteiger partial charge on any atom is -0.497 e. The molecule has 0 saturated carbocycles. The fourth-order valence-electron chi connectivity index (χ4n) is 3.66. The van der Waals surface area contributed by atoms with Crippen molar-refractivity contribution in [2.75, 3.05) is 31.6 Å². The van der Waals surface area contributed by atoms with Gasteiger partial charge in [0.25, 0.3) is 0 Å². The number of halogens is 1. The van der Waals surface area contributed by atoms with Crippen molar-refractivity contribution >= 4 is 6.01 Å². The SMILES string of the molecule is COc1cc(F)cc(-c2noc(N3CCCC34CCNC4)n2)c1. The highest BCUT2D eigenvalue weighted by Crippen LogP contribution is 2.38. The Morgan fingerprint density at radius 3 is 3.04 bits per heavy atom. The van der Waals surface area contributed by atoms with E-state index in [0.717, 1.165) is 38.9 Å². The van der Waals surface area contributed by atoms with Crippen molar-refractivity contribution in [1.29, 1.82) is 0 Å². The number of anilines is 1. The summed E-state index contributed by atoms with van der Waals surface area (Å²) in [5.74, 6) is 0.429. The average molecular weight is 318 g/mol. The summed E-state index contributed by atoms with van der Waals surface area (Å²) in [5, 5.41) is 7.45. The Morgan fingerprint density at radius 2 is 2.26 bits per heavy atom. The number of ether oxygens (including phenoxy) is 1. The highest BCUT2D eigenvalue weighted by atomic mass is 19.1. The predicted molar refractivity (Wildman–Crippen MR) is 83.0 cm³/mol. The van der Waals surface area contributed by atoms with Gasteiger partial charge in [-0.3, -0.25) is 0 Å². The monoisotopic (exact) mass is 318 g/mol. The Hall–Kier alpha value is -2.15. The molecule has 1 N–H and O–H groups in total. The van der Waals surface area contributed by atoms with Gasteiger partial charge in [0.05, 0.1) is 12.6 Å². The zero-order valence-corrected chi connectivity index (χ0v) is 13.0. The third-order valence-electron chi connectivity index (χ3n) is 4.83. The van der Waals surface area contributed by atoms with Gasteiger partial charge in [-0.2, -0.15) is 4.98 Å². The summed E-state index contributed by atoms with van der Waals surface area (Å²) in [6.07, 6.45) is 3.33. The van der Waals surface area contributed by atoms with Gasteiger partial charge in [0.15, 0.2) is 0 Å². The molecule has 2 aliphatic heterocycles. The molecule has 122 valence electrons. The molecule has 0 radical (unpaired) electrons. The van der Waals surface area contributed by atoms with E-state index >= 15 is 0 Å². The van der Waals surface area contributed by atoms with Crippen molar-refractivity contribution in [3.63, 3.8) is 0 Å². The van der Waals surface area contributed by atoms with Crippen LogP contribution >= 0.6 is 0 Å². The number of nitrogens with one attached hydrogen (secondary N) is 1. The van der Waals surface area contributed by atoms with Crippen molar-refractivity contribution in [3.05, 3.63) is 24.0 Å². The second kappa shape index (κ2) is 5.49. The standard InChI is InChI=1S/C16H19FN4O2/c1-22-13-8-11(7-12(17)9-13)14-19-15(23-20-14)21-6-2-3-16(21)4-5-18-10-16/h7-9,18H,2-6,10H2,1H3. The topological polar surface area (TPSA) is 63.4 Å². The van der Waals surface area contributed by atoms with Crippen LogP contribution in [0.5, 0.6) is 5.75 Å². The first-order chi connectivity index (χ1) is 11.2. The fourth-order valence-corrected chi connectivity index (χ4v) is 3.66. The van der Waals surface area contributed by atoms with Crippen LogP contribution in [0.3, 0.4) is 0 Å². The van der Waals surface area contributed by atoms with Crippen molar-refractivity contribution in [1.82, 2.24) is 15.5 Å². The van der Waals surface area contributed by atoms with E-state index < -0.39 is 0 Å². The van der Waals surface area contributed by atoms with E-state index in [1.165, 1.54) is 19.2 Å². The molecule has 1 aromatic carbocycles. The van der Waals surface area contributed by atoms with Crippen molar-refractivity contribution in [2.24, 2.45) is 0 Å². The number of hydrogen-bond donors (Lipinski definition) is 1. The van der Waals surface area contributed by atoms with E-state index in [2.05, 4.69) is 20.4 Å². The first-order valence-corrected chi connectivity index (χ1v) is 7.87. The van der Waals surface area contributed by atoms with Crippen LogP contribution in [0.25, 0.3) is 11.4 Å². The van der Waals surface area contributed by atoms with E-state index in [-0.39, 0.29) is 11.4 Å². The van der Waals surface area contributed by atoms with Crippen LogP contribution in [0, 0.1) is 5.82 Å². The molecule has 1 atom stereocenters. The molecule has 0 amide bonds. The van der Waals surface area contributed by atoms with Crippen LogP contribution in [0.15, 0.2) is 22.7 Å². The number of methoxy groups -OCH3 is 1. The molecule has 0 aliphatic carbocycles. The van der Waals surface area contributed by atoms with E-state index in [1.54, 1.807) is 6.07 Å². The van der Waals surface area contributed by atoms with Gasteiger partial charge < -0.3 is 19.5 Å². The summed E-state index contributed by atoms with van der Waals surface area (Å²) in [6.45, 7) is 2.87. The third kappa shape index (κ3) is 2.45. The fraction of sp³-hybridized carbons (Fsp3) is 0.500. The second-order valence-corrected chi connectivity index (χ2v) is 6.19. The van der Waals surface area contributed by atoms with E-state index in [9.17, 15) is 4.39 Å². The van der Waals surface area contributed by atoms with Crippen molar-refractivity contribution in [2.45, 2.75) is 24.8 Å². The van der Waals surface area contributed by atoms with Crippen molar-refractivity contribution < 1.29 is 13.7 Å². The molecule has 1 aromatic heterocycles. The maximum absolute atomic E-state index is 13.7. The molecular weight excluding hydrogens is 299 g/mol. The molecule has 1 unspecified atom stereocenters. The molecule has 23 heavy (non-hydrogen) atoms. The van der Waals surface area contributed by atoms with Crippen LogP contribution in [0.2, 0.25) is 0 Å². The van der Waals surface area contributed by atoms with E-state index in [1.807, 2.05) is 0 Å². The quantitative estimate of drug-likeness (QED) is 0.936. The van der Waals surface area contributed by atoms with Gasteiger partial charge in [0, 0.05) is 24.7 Å². The Kier molecular flexibility index (Phi) is 3.45. The molecule has 2 aliphatic rings. The minimum absolute atomic E-state index is 0.0867. The number of hydrogen-bond acceptors (Lipinski definition) is 6. The number of nitrogens with zero attached hydrogens (tertiary/aromatic N) is 3. The zero-order valence-electron chi connectivity index (χ0n) is 13.0. The lowest BCUT2D eigenvalue weighted by molar-refractivity contribution is 0.377. The van der Waals surface area contributed by atoms with Crippen LogP contribution < -0.4 is 15.0 Å². The predicted octanol–water partition coefficient (Wildman–Crippen LogP) is 2.22. The normalized spacial score (nSPS) is 23.8. The van der Waals surface area contributed by atoms with E-state index in [0.29, 0.717) is 23.2 Å². The third-order valence-corrected chi connectivity index (χ3v) is 4.83. The molecular formula is C16H19FN4O2. The van der Waals surface area contributed by atoms with Gasteiger partial charge in [-0.1, -0.05) is 5.16 Å².